The molecule has 0 aliphatic carbocycles. The number of esters is 1. The molecule has 2 aromatic heterocycles. The van der Waals surface area contributed by atoms with E-state index in [0.29, 0.717) is 49.5 Å². The Balaban J connectivity index is 0.000000342. The smallest absolute Gasteiger partial charge is 0.317 e. The molecule has 2 unspecified atom stereocenters. The van der Waals surface area contributed by atoms with Crippen molar-refractivity contribution in [1.29, 1.82) is 0 Å². The van der Waals surface area contributed by atoms with Crippen molar-refractivity contribution in [3.8, 4) is 0 Å². The molecule has 0 amide bonds. The van der Waals surface area contributed by atoms with Gasteiger partial charge in [0.1, 0.15) is 11.8 Å². The van der Waals surface area contributed by atoms with Gasteiger partial charge in [0.25, 0.3) is 0 Å². The quantitative estimate of drug-likeness (QED) is 0.362. The van der Waals surface area contributed by atoms with E-state index in [1.807, 2.05) is 27.7 Å². The minimum atomic E-state index is -0.903. The number of carbonyl (C=O) groups is 2. The summed E-state index contributed by atoms with van der Waals surface area (Å²) in [7, 11) is 0. The van der Waals surface area contributed by atoms with Gasteiger partial charge in [-0.3, -0.25) is 9.59 Å². The molecule has 3 N–H and O–H groups in total. The van der Waals surface area contributed by atoms with Crippen molar-refractivity contribution in [2.75, 3.05) is 19.8 Å². The lowest BCUT2D eigenvalue weighted by molar-refractivity contribution is -0.146. The maximum absolute atomic E-state index is 11.9. The molecule has 0 radical (unpaired) electrons. The summed E-state index contributed by atoms with van der Waals surface area (Å²) in [5.74, 6) is -1.29. The maximum atomic E-state index is 11.9. The molecular weight excluding hydrogens is 444 g/mol. The Morgan fingerprint density at radius 1 is 0.882 bits per heavy atom. The summed E-state index contributed by atoms with van der Waals surface area (Å²) < 4.78 is 15.3. The van der Waals surface area contributed by atoms with Crippen LogP contribution in [-0.2, 0) is 27.2 Å². The molecule has 0 fully saturated rings. The van der Waals surface area contributed by atoms with Gasteiger partial charge in [0, 0.05) is 25.3 Å². The zero-order valence-electron chi connectivity index (χ0n) is 20.7. The van der Waals surface area contributed by atoms with E-state index >= 15 is 0 Å². The zero-order valence-corrected chi connectivity index (χ0v) is 20.7. The molecule has 34 heavy (non-hydrogen) atoms. The first kappa shape index (κ1) is 29.3. The molecule has 10 heteroatoms. The number of aliphatic carboxylic acids is 1. The van der Waals surface area contributed by atoms with Crippen molar-refractivity contribution in [1.82, 2.24) is 10.3 Å². The van der Waals surface area contributed by atoms with Gasteiger partial charge in [-0.1, -0.05) is 38.0 Å². The number of hydrogen-bond acceptors (Lipinski definition) is 9. The molecule has 0 bridgehead atoms. The number of aliphatic hydroxyl groups is 2. The second-order valence-corrected chi connectivity index (χ2v) is 8.63. The number of aryl methyl sites for hydroxylation is 2. The van der Waals surface area contributed by atoms with Crippen molar-refractivity contribution in [2.24, 2.45) is 11.8 Å². The molecular formula is C24H38N2O8. The maximum Gasteiger partial charge on any atom is 0.317 e. The molecule has 0 saturated carbocycles. The first-order valence-electron chi connectivity index (χ1n) is 11.7. The summed E-state index contributed by atoms with van der Waals surface area (Å²) in [6.07, 6.45) is 2.49. The molecule has 0 saturated heterocycles. The van der Waals surface area contributed by atoms with Crippen LogP contribution in [0.2, 0.25) is 0 Å². The first-order chi connectivity index (χ1) is 16.2. The summed E-state index contributed by atoms with van der Waals surface area (Å²) in [4.78, 5) is 22.9. The number of carboxylic acid groups (broad SMARTS) is 1. The molecule has 2 rings (SSSR count). The van der Waals surface area contributed by atoms with Crippen LogP contribution in [0.5, 0.6) is 0 Å². The average Bonchev–Trinajstić information content (AvgIpc) is 3.40. The van der Waals surface area contributed by atoms with Crippen molar-refractivity contribution in [2.45, 2.75) is 72.1 Å². The highest BCUT2D eigenvalue weighted by Crippen LogP contribution is 2.27. The molecule has 192 valence electrons. The van der Waals surface area contributed by atoms with Gasteiger partial charge in [-0.25, -0.2) is 0 Å². The Kier molecular flexibility index (Phi) is 13.1. The number of rotatable bonds is 13. The number of carboxylic acids is 1. The highest BCUT2D eigenvalue weighted by atomic mass is 16.5. The second-order valence-electron chi connectivity index (χ2n) is 8.63. The summed E-state index contributed by atoms with van der Waals surface area (Å²) in [5.41, 5.74) is 1.45. The molecule has 2 heterocycles. The van der Waals surface area contributed by atoms with Gasteiger partial charge >= 0.3 is 11.9 Å². The minimum Gasteiger partial charge on any atom is -0.481 e. The number of carbonyl (C=O) groups excluding carboxylic acids is 1. The monoisotopic (exact) mass is 482 g/mol. The van der Waals surface area contributed by atoms with E-state index in [-0.39, 0.29) is 31.0 Å². The van der Waals surface area contributed by atoms with Gasteiger partial charge in [-0.15, -0.1) is 0 Å². The van der Waals surface area contributed by atoms with E-state index in [0.717, 1.165) is 5.69 Å². The van der Waals surface area contributed by atoms with Crippen molar-refractivity contribution >= 4 is 11.9 Å². The van der Waals surface area contributed by atoms with Crippen LogP contribution in [0.15, 0.2) is 21.2 Å². The van der Waals surface area contributed by atoms with Crippen LogP contribution >= 0.6 is 0 Å². The fourth-order valence-electron chi connectivity index (χ4n) is 3.39. The molecule has 0 aromatic carbocycles. The van der Waals surface area contributed by atoms with Gasteiger partial charge in [0.15, 0.2) is 11.5 Å². The molecule has 10 nitrogen and oxygen atoms in total. The number of ether oxygens (including phenoxy) is 1. The number of aliphatic hydroxyl groups excluding tert-OH is 2. The number of aromatic nitrogens is 2. The van der Waals surface area contributed by atoms with Gasteiger partial charge in [-0.05, 0) is 44.4 Å². The summed E-state index contributed by atoms with van der Waals surface area (Å²) >= 11 is 0. The zero-order chi connectivity index (χ0) is 25.7. The van der Waals surface area contributed by atoms with Gasteiger partial charge in [-0.2, -0.15) is 0 Å². The van der Waals surface area contributed by atoms with Crippen molar-refractivity contribution < 1.29 is 38.7 Å². The lowest BCUT2D eigenvalue weighted by Gasteiger charge is -2.15. The van der Waals surface area contributed by atoms with E-state index in [2.05, 4.69) is 10.3 Å². The lowest BCUT2D eigenvalue weighted by atomic mass is 9.93. The SMILES string of the molecule is CC(C)C(C(=O)O)c1cc(CCCO)no1.CCOC(=O)C(c1cc(CCCO)no1)C(C)C. The van der Waals surface area contributed by atoms with Crippen LogP contribution in [-0.4, -0.2) is 57.4 Å². The van der Waals surface area contributed by atoms with E-state index in [1.165, 1.54) is 0 Å². The van der Waals surface area contributed by atoms with Crippen LogP contribution in [0, 0.1) is 11.8 Å². The van der Waals surface area contributed by atoms with Gasteiger partial charge < -0.3 is 29.1 Å². The Morgan fingerprint density at radius 2 is 1.32 bits per heavy atom. The molecule has 0 aliphatic rings. The van der Waals surface area contributed by atoms with E-state index in [9.17, 15) is 9.59 Å². The van der Waals surface area contributed by atoms with Gasteiger partial charge in [0.05, 0.1) is 18.0 Å². The van der Waals surface area contributed by atoms with E-state index in [4.69, 9.17) is 29.1 Å². The summed E-state index contributed by atoms with van der Waals surface area (Å²) in [6, 6.07) is 3.44. The topological polar surface area (TPSA) is 156 Å². The van der Waals surface area contributed by atoms with Crippen LogP contribution in [0.3, 0.4) is 0 Å². The molecule has 0 spiro atoms. The van der Waals surface area contributed by atoms with E-state index < -0.39 is 17.8 Å². The lowest BCUT2D eigenvalue weighted by Crippen LogP contribution is -2.20. The van der Waals surface area contributed by atoms with Gasteiger partial charge in [0.2, 0.25) is 0 Å². The summed E-state index contributed by atoms with van der Waals surface area (Å²) in [6.45, 7) is 9.89. The van der Waals surface area contributed by atoms with Crippen LogP contribution < -0.4 is 0 Å². The minimum absolute atomic E-state index is 0.0452. The van der Waals surface area contributed by atoms with Crippen molar-refractivity contribution in [3.63, 3.8) is 0 Å². The molecule has 0 aliphatic heterocycles. The third-order valence-corrected chi connectivity index (χ3v) is 5.09. The van der Waals surface area contributed by atoms with Crippen LogP contribution in [0.25, 0.3) is 0 Å². The predicted molar refractivity (Wildman–Crippen MR) is 123 cm³/mol. The largest absolute Gasteiger partial charge is 0.481 e. The normalized spacial score (nSPS) is 12.9. The Bertz CT molecular complexity index is 859. The molecule has 2 aromatic rings. The number of nitrogens with zero attached hydrogens (tertiary/aromatic N) is 2. The highest BCUT2D eigenvalue weighted by molar-refractivity contribution is 5.77. The first-order valence-corrected chi connectivity index (χ1v) is 11.7. The highest BCUT2D eigenvalue weighted by Gasteiger charge is 2.30. The van der Waals surface area contributed by atoms with Crippen molar-refractivity contribution in [3.05, 3.63) is 35.0 Å². The van der Waals surface area contributed by atoms with Crippen LogP contribution in [0.1, 0.15) is 82.2 Å². The Hall–Kier alpha value is -2.72. The second kappa shape index (κ2) is 15.2. The predicted octanol–water partition coefficient (Wildman–Crippen LogP) is 3.33. The fourth-order valence-corrected chi connectivity index (χ4v) is 3.39. The Morgan fingerprint density at radius 3 is 1.68 bits per heavy atom. The third kappa shape index (κ3) is 9.26. The third-order valence-electron chi connectivity index (χ3n) is 5.09. The average molecular weight is 483 g/mol. The molecule has 2 atom stereocenters. The Labute approximate surface area is 200 Å². The number of hydrogen-bond donors (Lipinski definition) is 3. The van der Waals surface area contributed by atoms with E-state index in [1.54, 1.807) is 19.1 Å². The summed E-state index contributed by atoms with van der Waals surface area (Å²) in [5, 5.41) is 34.2. The fraction of sp³-hybridized carbons (Fsp3) is 0.667. The van der Waals surface area contributed by atoms with Crippen LogP contribution in [0.4, 0.5) is 0 Å². The standard InChI is InChI=1S/C13H21NO4.C11H17NO4/c1-4-17-13(16)12(9(2)3)11-8-10(14-18-11)6-5-7-15;1-7(2)10(11(14)15)9-6-8(12-16-9)4-3-5-13/h8-9,12,15H,4-7H2,1-3H3;6-7,10,13H,3-5H2,1-2H3,(H,14,15).